The molecule has 1 rings (SSSR count). The highest BCUT2D eigenvalue weighted by Gasteiger charge is 2.09. The van der Waals surface area contributed by atoms with Crippen molar-refractivity contribution in [2.45, 2.75) is 39.5 Å². The van der Waals surface area contributed by atoms with Crippen LogP contribution in [0.15, 0.2) is 12.1 Å². The van der Waals surface area contributed by atoms with E-state index in [4.69, 9.17) is 5.11 Å². The molecule has 0 fully saturated rings. The molecule has 2 N–H and O–H groups in total. The summed E-state index contributed by atoms with van der Waals surface area (Å²) in [6, 6.07) is 3.88. The molecule has 0 aliphatic heterocycles. The molecule has 0 saturated carbocycles. The van der Waals surface area contributed by atoms with Crippen molar-refractivity contribution in [2.24, 2.45) is 0 Å². The minimum absolute atomic E-state index is 0.220. The van der Waals surface area contributed by atoms with E-state index in [1.807, 2.05) is 13.0 Å². The zero-order chi connectivity index (χ0) is 11.4. The average molecular weight is 208 g/mol. The van der Waals surface area contributed by atoms with Gasteiger partial charge in [0.15, 0.2) is 0 Å². The molecule has 1 aromatic carbocycles. The summed E-state index contributed by atoms with van der Waals surface area (Å²) < 4.78 is 0. The molecule has 0 bridgehead atoms. The smallest absolute Gasteiger partial charge is 0.119 e. The maximum atomic E-state index is 9.76. The molecule has 0 radical (unpaired) electrons. The third-order valence-electron chi connectivity index (χ3n) is 2.71. The second-order valence-electron chi connectivity index (χ2n) is 4.32. The quantitative estimate of drug-likeness (QED) is 0.798. The fraction of sp³-hybridized carbons (Fsp3) is 0.538. The van der Waals surface area contributed by atoms with Crippen LogP contribution in [0.1, 0.15) is 42.9 Å². The first kappa shape index (κ1) is 12.1. The zero-order valence-corrected chi connectivity index (χ0v) is 9.75. The van der Waals surface area contributed by atoms with Crippen molar-refractivity contribution in [1.82, 2.24) is 0 Å². The molecule has 84 valence electrons. The van der Waals surface area contributed by atoms with Gasteiger partial charge in [0, 0.05) is 6.61 Å². The number of rotatable bonds is 4. The highest BCUT2D eigenvalue weighted by Crippen LogP contribution is 2.29. The van der Waals surface area contributed by atoms with Crippen LogP contribution in [0.2, 0.25) is 0 Å². The van der Waals surface area contributed by atoms with Gasteiger partial charge in [-0.1, -0.05) is 19.9 Å². The summed E-state index contributed by atoms with van der Waals surface area (Å²) in [5.41, 5.74) is 3.32. The van der Waals surface area contributed by atoms with Crippen LogP contribution in [0.3, 0.4) is 0 Å². The van der Waals surface area contributed by atoms with Gasteiger partial charge in [-0.3, -0.25) is 0 Å². The molecule has 0 heterocycles. The molecule has 0 unspecified atom stereocenters. The lowest BCUT2D eigenvalue weighted by Crippen LogP contribution is -1.97. The largest absolute Gasteiger partial charge is 0.508 e. The third kappa shape index (κ3) is 2.96. The third-order valence-corrected chi connectivity index (χ3v) is 2.71. The van der Waals surface area contributed by atoms with E-state index in [0.29, 0.717) is 11.7 Å². The number of aliphatic hydroxyl groups is 1. The van der Waals surface area contributed by atoms with Crippen LogP contribution in [0, 0.1) is 6.92 Å². The van der Waals surface area contributed by atoms with Gasteiger partial charge in [0.25, 0.3) is 0 Å². The Hall–Kier alpha value is -1.02. The van der Waals surface area contributed by atoms with E-state index in [-0.39, 0.29) is 6.61 Å². The molecule has 15 heavy (non-hydrogen) atoms. The molecule has 0 saturated heterocycles. The SMILES string of the molecule is Cc1cc(O)c(C(C)C)cc1CCCO. The van der Waals surface area contributed by atoms with Gasteiger partial charge >= 0.3 is 0 Å². The Kier molecular flexibility index (Phi) is 4.15. The first-order valence-corrected chi connectivity index (χ1v) is 5.49. The van der Waals surface area contributed by atoms with E-state index in [0.717, 1.165) is 24.0 Å². The summed E-state index contributed by atoms with van der Waals surface area (Å²) in [5.74, 6) is 0.716. The molecule has 0 amide bonds. The Morgan fingerprint density at radius 3 is 2.47 bits per heavy atom. The summed E-state index contributed by atoms with van der Waals surface area (Å²) in [5, 5.41) is 18.6. The molecule has 1 aromatic rings. The van der Waals surface area contributed by atoms with Gasteiger partial charge in [0.1, 0.15) is 5.75 Å². The predicted molar refractivity (Wildman–Crippen MR) is 62.3 cm³/mol. The highest BCUT2D eigenvalue weighted by molar-refractivity contribution is 5.43. The zero-order valence-electron chi connectivity index (χ0n) is 9.75. The molecular formula is C13H20O2. The van der Waals surface area contributed by atoms with Crippen LogP contribution in [-0.4, -0.2) is 16.8 Å². The fourth-order valence-electron chi connectivity index (χ4n) is 1.76. The lowest BCUT2D eigenvalue weighted by molar-refractivity contribution is 0.288. The maximum absolute atomic E-state index is 9.76. The standard InChI is InChI=1S/C13H20O2/c1-9(2)12-8-11(5-4-6-14)10(3)7-13(12)15/h7-9,14-15H,4-6H2,1-3H3. The van der Waals surface area contributed by atoms with Gasteiger partial charge < -0.3 is 10.2 Å². The van der Waals surface area contributed by atoms with Gasteiger partial charge in [0.2, 0.25) is 0 Å². The van der Waals surface area contributed by atoms with E-state index >= 15 is 0 Å². The summed E-state index contributed by atoms with van der Waals surface area (Å²) >= 11 is 0. The van der Waals surface area contributed by atoms with Gasteiger partial charge in [-0.15, -0.1) is 0 Å². The summed E-state index contributed by atoms with van der Waals surface area (Å²) in [6.07, 6.45) is 1.66. The second kappa shape index (κ2) is 5.17. The van der Waals surface area contributed by atoms with Crippen molar-refractivity contribution in [1.29, 1.82) is 0 Å². The van der Waals surface area contributed by atoms with Crippen molar-refractivity contribution in [3.8, 4) is 5.75 Å². The Morgan fingerprint density at radius 2 is 1.93 bits per heavy atom. The van der Waals surface area contributed by atoms with E-state index in [1.54, 1.807) is 0 Å². The molecule has 0 spiro atoms. The van der Waals surface area contributed by atoms with E-state index in [2.05, 4.69) is 19.9 Å². The Bertz CT molecular complexity index is 330. The number of benzene rings is 1. The molecule has 0 aromatic heterocycles. The number of aromatic hydroxyl groups is 1. The molecular weight excluding hydrogens is 188 g/mol. The van der Waals surface area contributed by atoms with Crippen molar-refractivity contribution in [2.75, 3.05) is 6.61 Å². The van der Waals surface area contributed by atoms with E-state index < -0.39 is 0 Å². The molecule has 0 atom stereocenters. The lowest BCUT2D eigenvalue weighted by Gasteiger charge is -2.13. The minimum Gasteiger partial charge on any atom is -0.508 e. The van der Waals surface area contributed by atoms with Crippen molar-refractivity contribution in [3.05, 3.63) is 28.8 Å². The normalized spacial score (nSPS) is 11.0. The van der Waals surface area contributed by atoms with Crippen molar-refractivity contribution >= 4 is 0 Å². The van der Waals surface area contributed by atoms with Gasteiger partial charge in [-0.05, 0) is 48.4 Å². The summed E-state index contributed by atoms with van der Waals surface area (Å²) in [4.78, 5) is 0. The van der Waals surface area contributed by atoms with Crippen LogP contribution in [0.25, 0.3) is 0 Å². The molecule has 0 aliphatic carbocycles. The van der Waals surface area contributed by atoms with E-state index in [9.17, 15) is 5.11 Å². The Morgan fingerprint density at radius 1 is 1.27 bits per heavy atom. The van der Waals surface area contributed by atoms with Crippen LogP contribution in [0.5, 0.6) is 5.75 Å². The van der Waals surface area contributed by atoms with Gasteiger partial charge in [-0.25, -0.2) is 0 Å². The maximum Gasteiger partial charge on any atom is 0.119 e. The summed E-state index contributed by atoms with van der Waals surface area (Å²) in [6.45, 7) is 6.36. The monoisotopic (exact) mass is 208 g/mol. The summed E-state index contributed by atoms with van der Waals surface area (Å²) in [7, 11) is 0. The number of phenols is 1. The van der Waals surface area contributed by atoms with Gasteiger partial charge in [0.05, 0.1) is 0 Å². The predicted octanol–water partition coefficient (Wildman–Crippen LogP) is 2.75. The van der Waals surface area contributed by atoms with Crippen LogP contribution < -0.4 is 0 Å². The van der Waals surface area contributed by atoms with Crippen molar-refractivity contribution < 1.29 is 10.2 Å². The first-order chi connectivity index (χ1) is 7.06. The Labute approximate surface area is 91.6 Å². The lowest BCUT2D eigenvalue weighted by atomic mass is 9.94. The molecule has 0 aliphatic rings. The number of aryl methyl sites for hydroxylation is 2. The molecule has 2 heteroatoms. The number of aliphatic hydroxyl groups excluding tert-OH is 1. The van der Waals surface area contributed by atoms with Gasteiger partial charge in [-0.2, -0.15) is 0 Å². The first-order valence-electron chi connectivity index (χ1n) is 5.49. The number of phenolic OH excluding ortho intramolecular Hbond substituents is 1. The van der Waals surface area contributed by atoms with Crippen LogP contribution in [0.4, 0.5) is 0 Å². The van der Waals surface area contributed by atoms with Crippen LogP contribution >= 0.6 is 0 Å². The highest BCUT2D eigenvalue weighted by atomic mass is 16.3. The second-order valence-corrected chi connectivity index (χ2v) is 4.32. The van der Waals surface area contributed by atoms with E-state index in [1.165, 1.54) is 5.56 Å². The van der Waals surface area contributed by atoms with Crippen LogP contribution in [-0.2, 0) is 6.42 Å². The molecule has 2 nitrogen and oxygen atoms in total. The number of hydrogen-bond donors (Lipinski definition) is 2. The topological polar surface area (TPSA) is 40.5 Å². The minimum atomic E-state index is 0.220. The average Bonchev–Trinajstić information content (AvgIpc) is 2.16. The van der Waals surface area contributed by atoms with Crippen molar-refractivity contribution in [3.63, 3.8) is 0 Å². The number of hydrogen-bond acceptors (Lipinski definition) is 2. The Balaban J connectivity index is 3.00. The fourth-order valence-corrected chi connectivity index (χ4v) is 1.76.